The molecule has 2 saturated carbocycles. The van der Waals surface area contributed by atoms with Crippen molar-refractivity contribution in [2.24, 2.45) is 41.2 Å². The fourth-order valence-electron chi connectivity index (χ4n) is 5.55. The van der Waals surface area contributed by atoms with Crippen LogP contribution in [-0.2, 0) is 0 Å². The van der Waals surface area contributed by atoms with Gasteiger partial charge in [-0.25, -0.2) is 0 Å². The maximum atomic E-state index is 8.42. The Morgan fingerprint density at radius 3 is 1.50 bits per heavy atom. The smallest absolute Gasteiger partial charge is 0.188 e. The van der Waals surface area contributed by atoms with Crippen LogP contribution in [0.5, 0.6) is 0 Å². The second kappa shape index (κ2) is 8.10. The van der Waals surface area contributed by atoms with Gasteiger partial charge in [0.15, 0.2) is 5.96 Å². The molecular formula is C21H41N3. The van der Waals surface area contributed by atoms with Gasteiger partial charge in [-0.1, -0.05) is 54.4 Å². The highest BCUT2D eigenvalue weighted by atomic mass is 15.3. The van der Waals surface area contributed by atoms with E-state index in [1.54, 1.807) is 0 Å². The number of nitrogens with zero attached hydrogens (tertiary/aromatic N) is 1. The van der Waals surface area contributed by atoms with Crippen LogP contribution in [0, 0.1) is 40.9 Å². The first kappa shape index (κ1) is 19.6. The lowest BCUT2D eigenvalue weighted by atomic mass is 9.69. The Morgan fingerprint density at radius 1 is 0.833 bits per heavy atom. The molecule has 0 aromatic rings. The third kappa shape index (κ3) is 4.26. The first-order valence-corrected chi connectivity index (χ1v) is 10.3. The summed E-state index contributed by atoms with van der Waals surface area (Å²) in [5, 5.41) is 8.42. The van der Waals surface area contributed by atoms with E-state index in [4.69, 9.17) is 11.1 Å². The van der Waals surface area contributed by atoms with Crippen LogP contribution in [0.1, 0.15) is 80.1 Å². The summed E-state index contributed by atoms with van der Waals surface area (Å²) in [6.07, 6.45) is 7.67. The molecule has 2 aliphatic carbocycles. The van der Waals surface area contributed by atoms with Gasteiger partial charge in [0, 0.05) is 12.1 Å². The molecule has 2 rings (SSSR count). The molecule has 2 fully saturated rings. The van der Waals surface area contributed by atoms with Crippen molar-refractivity contribution in [3.63, 3.8) is 0 Å². The molecule has 6 unspecified atom stereocenters. The highest BCUT2D eigenvalue weighted by Crippen LogP contribution is 2.42. The lowest BCUT2D eigenvalue weighted by Crippen LogP contribution is -2.59. The molecular weight excluding hydrogens is 294 g/mol. The zero-order valence-corrected chi connectivity index (χ0v) is 16.9. The van der Waals surface area contributed by atoms with E-state index >= 15 is 0 Å². The Kier molecular flexibility index (Phi) is 6.61. The van der Waals surface area contributed by atoms with Gasteiger partial charge in [-0.05, 0) is 61.2 Å². The number of hydrogen-bond donors (Lipinski definition) is 2. The molecule has 140 valence electrons. The van der Waals surface area contributed by atoms with Gasteiger partial charge in [0.1, 0.15) is 0 Å². The average molecular weight is 336 g/mol. The van der Waals surface area contributed by atoms with Crippen molar-refractivity contribution in [3.8, 4) is 0 Å². The van der Waals surface area contributed by atoms with E-state index in [0.29, 0.717) is 41.7 Å². The van der Waals surface area contributed by atoms with Crippen molar-refractivity contribution in [1.82, 2.24) is 4.90 Å². The summed E-state index contributed by atoms with van der Waals surface area (Å²) in [5.41, 5.74) is 6.22. The number of guanidine groups is 1. The highest BCUT2D eigenvalue weighted by Gasteiger charge is 2.42. The molecule has 3 heteroatoms. The van der Waals surface area contributed by atoms with Crippen LogP contribution in [0.2, 0.25) is 0 Å². The fraction of sp³-hybridized carbons (Fsp3) is 0.952. The Bertz CT molecular complexity index is 385. The standard InChI is InChI=1S/C21H41N3/c1-13(2)17-9-7-15(5)11-19(17)24(21(22)23)20-12-16(6)8-10-18(20)14(3)4/h13-20H,7-12H2,1-6H3,(H3,22,23). The third-order valence-electron chi connectivity index (χ3n) is 6.97. The van der Waals surface area contributed by atoms with Crippen LogP contribution < -0.4 is 5.73 Å². The normalized spacial score (nSPS) is 37.7. The molecule has 3 N–H and O–H groups in total. The molecule has 0 aliphatic heterocycles. The Morgan fingerprint density at radius 2 is 1.21 bits per heavy atom. The van der Waals surface area contributed by atoms with E-state index in [1.807, 2.05) is 0 Å². The number of hydrogen-bond acceptors (Lipinski definition) is 1. The minimum Gasteiger partial charge on any atom is -0.370 e. The number of nitrogens with one attached hydrogen (secondary N) is 1. The van der Waals surface area contributed by atoms with E-state index < -0.39 is 0 Å². The lowest BCUT2D eigenvalue weighted by molar-refractivity contribution is 0.0232. The molecule has 0 aromatic carbocycles. The molecule has 0 spiro atoms. The topological polar surface area (TPSA) is 53.1 Å². The zero-order valence-electron chi connectivity index (χ0n) is 16.9. The SMILES string of the molecule is CC1CCC(C(C)C)C(N(C(=N)N)C2CC(C)CCC2C(C)C)C1. The van der Waals surface area contributed by atoms with Crippen LogP contribution in [-0.4, -0.2) is 22.9 Å². The summed E-state index contributed by atoms with van der Waals surface area (Å²) in [4.78, 5) is 2.39. The van der Waals surface area contributed by atoms with Gasteiger partial charge >= 0.3 is 0 Å². The molecule has 0 bridgehead atoms. The molecule has 0 aromatic heterocycles. The first-order valence-electron chi connectivity index (χ1n) is 10.3. The first-order chi connectivity index (χ1) is 11.2. The van der Waals surface area contributed by atoms with Crippen LogP contribution in [0.3, 0.4) is 0 Å². The van der Waals surface area contributed by atoms with Crippen molar-refractivity contribution < 1.29 is 0 Å². The molecule has 3 nitrogen and oxygen atoms in total. The van der Waals surface area contributed by atoms with Gasteiger partial charge in [-0.15, -0.1) is 0 Å². The minimum atomic E-state index is 0.324. The summed E-state index contributed by atoms with van der Waals surface area (Å²) in [6, 6.07) is 0.922. The van der Waals surface area contributed by atoms with Crippen molar-refractivity contribution in [2.75, 3.05) is 0 Å². The Labute approximate surface area is 150 Å². The zero-order chi connectivity index (χ0) is 18.0. The molecule has 0 heterocycles. The molecule has 6 atom stereocenters. The maximum absolute atomic E-state index is 8.42. The summed E-state index contributed by atoms with van der Waals surface area (Å²) in [7, 11) is 0. The lowest BCUT2D eigenvalue weighted by Gasteiger charge is -2.52. The summed E-state index contributed by atoms with van der Waals surface area (Å²) >= 11 is 0. The van der Waals surface area contributed by atoms with Crippen LogP contribution in [0.25, 0.3) is 0 Å². The van der Waals surface area contributed by atoms with Gasteiger partial charge in [-0.2, -0.15) is 0 Å². The summed E-state index contributed by atoms with van der Waals surface area (Å²) < 4.78 is 0. The monoisotopic (exact) mass is 335 g/mol. The van der Waals surface area contributed by atoms with Crippen molar-refractivity contribution in [1.29, 1.82) is 5.41 Å². The van der Waals surface area contributed by atoms with Crippen LogP contribution in [0.4, 0.5) is 0 Å². The van der Waals surface area contributed by atoms with Crippen molar-refractivity contribution in [3.05, 3.63) is 0 Å². The Hall–Kier alpha value is -0.730. The van der Waals surface area contributed by atoms with Gasteiger partial charge in [0.2, 0.25) is 0 Å². The van der Waals surface area contributed by atoms with Gasteiger partial charge in [0.05, 0.1) is 0 Å². The molecule has 2 aliphatic rings. The second-order valence-electron chi connectivity index (χ2n) is 9.58. The van der Waals surface area contributed by atoms with Crippen LogP contribution in [0.15, 0.2) is 0 Å². The summed E-state index contributed by atoms with van der Waals surface area (Å²) in [6.45, 7) is 14.2. The average Bonchev–Trinajstić information content (AvgIpc) is 2.46. The predicted octanol–water partition coefficient (Wildman–Crippen LogP) is 5.10. The van der Waals surface area contributed by atoms with Gasteiger partial charge in [-0.3, -0.25) is 5.41 Å². The Balaban J connectivity index is 2.32. The van der Waals surface area contributed by atoms with Gasteiger partial charge in [0.25, 0.3) is 0 Å². The largest absolute Gasteiger partial charge is 0.370 e. The van der Waals surface area contributed by atoms with E-state index in [2.05, 4.69) is 46.4 Å². The summed E-state index contributed by atoms with van der Waals surface area (Å²) in [5.74, 6) is 4.52. The molecule has 0 radical (unpaired) electrons. The third-order valence-corrected chi connectivity index (χ3v) is 6.97. The van der Waals surface area contributed by atoms with E-state index in [0.717, 1.165) is 11.8 Å². The van der Waals surface area contributed by atoms with E-state index in [9.17, 15) is 0 Å². The van der Waals surface area contributed by atoms with Crippen molar-refractivity contribution in [2.45, 2.75) is 92.2 Å². The van der Waals surface area contributed by atoms with Crippen molar-refractivity contribution >= 4 is 5.96 Å². The number of rotatable bonds is 4. The van der Waals surface area contributed by atoms with E-state index in [1.165, 1.54) is 38.5 Å². The molecule has 0 saturated heterocycles. The second-order valence-corrected chi connectivity index (χ2v) is 9.58. The maximum Gasteiger partial charge on any atom is 0.188 e. The van der Waals surface area contributed by atoms with E-state index in [-0.39, 0.29) is 0 Å². The van der Waals surface area contributed by atoms with Gasteiger partial charge < -0.3 is 10.6 Å². The molecule has 24 heavy (non-hydrogen) atoms. The molecule has 0 amide bonds. The highest BCUT2D eigenvalue weighted by molar-refractivity contribution is 5.75. The predicted molar refractivity (Wildman–Crippen MR) is 104 cm³/mol. The minimum absolute atomic E-state index is 0.324. The number of nitrogens with two attached hydrogens (primary N) is 1. The quantitative estimate of drug-likeness (QED) is 0.554. The fourth-order valence-corrected chi connectivity index (χ4v) is 5.55. The van der Waals surface area contributed by atoms with Crippen LogP contribution >= 0.6 is 0 Å².